The maximum Gasteiger partial charge on any atom is 0.0626 e. The maximum atomic E-state index is 9.29. The first kappa shape index (κ1) is 12.2. The Bertz CT molecular complexity index is 264. The van der Waals surface area contributed by atoms with Gasteiger partial charge in [-0.25, -0.2) is 0 Å². The molecular formula is C12H19NO2. The lowest BCUT2D eigenvalue weighted by Gasteiger charge is -2.21. The molecule has 0 radical (unpaired) electrons. The van der Waals surface area contributed by atoms with Gasteiger partial charge in [-0.3, -0.25) is 0 Å². The molecule has 0 aliphatic rings. The van der Waals surface area contributed by atoms with Crippen LogP contribution in [-0.4, -0.2) is 31.5 Å². The van der Waals surface area contributed by atoms with Gasteiger partial charge in [-0.05, 0) is 12.5 Å². The molecule has 0 saturated carbocycles. The van der Waals surface area contributed by atoms with E-state index in [1.165, 1.54) is 0 Å². The Morgan fingerprint density at radius 3 is 2.53 bits per heavy atom. The van der Waals surface area contributed by atoms with E-state index in [1.807, 2.05) is 37.3 Å². The first-order chi connectivity index (χ1) is 7.27. The second-order valence-electron chi connectivity index (χ2n) is 3.67. The molecule has 15 heavy (non-hydrogen) atoms. The van der Waals surface area contributed by atoms with Crippen LogP contribution in [0.25, 0.3) is 0 Å². The van der Waals surface area contributed by atoms with Crippen molar-refractivity contribution in [3.05, 3.63) is 35.9 Å². The average molecular weight is 209 g/mol. The van der Waals surface area contributed by atoms with Gasteiger partial charge in [0.15, 0.2) is 0 Å². The standard InChI is InChI=1S/C12H19NO2/c1-10(9-15-2)13-12(8-14)11-6-4-3-5-7-11/h3-7,10,12-14H,8-9H2,1-2H3/t10-,12-/m0/s1. The third-order valence-electron chi connectivity index (χ3n) is 2.29. The monoisotopic (exact) mass is 209 g/mol. The van der Waals surface area contributed by atoms with E-state index in [2.05, 4.69) is 5.32 Å². The van der Waals surface area contributed by atoms with Gasteiger partial charge in [-0.15, -0.1) is 0 Å². The summed E-state index contributed by atoms with van der Waals surface area (Å²) < 4.78 is 5.04. The molecule has 0 unspecified atom stereocenters. The highest BCUT2D eigenvalue weighted by atomic mass is 16.5. The molecule has 0 heterocycles. The summed E-state index contributed by atoms with van der Waals surface area (Å²) in [6, 6.07) is 10.1. The number of nitrogens with one attached hydrogen (secondary N) is 1. The predicted molar refractivity (Wildman–Crippen MR) is 60.7 cm³/mol. The molecule has 0 aromatic heterocycles. The lowest BCUT2D eigenvalue weighted by molar-refractivity contribution is 0.154. The van der Waals surface area contributed by atoms with Crippen LogP contribution in [0.4, 0.5) is 0 Å². The Labute approximate surface area is 91.1 Å². The minimum absolute atomic E-state index is 0.0173. The van der Waals surface area contributed by atoms with Crippen molar-refractivity contribution in [2.75, 3.05) is 20.3 Å². The van der Waals surface area contributed by atoms with Crippen LogP contribution >= 0.6 is 0 Å². The lowest BCUT2D eigenvalue weighted by Crippen LogP contribution is -2.35. The van der Waals surface area contributed by atoms with E-state index in [4.69, 9.17) is 4.74 Å². The molecule has 84 valence electrons. The van der Waals surface area contributed by atoms with E-state index in [1.54, 1.807) is 7.11 Å². The molecule has 1 aromatic carbocycles. The summed E-state index contributed by atoms with van der Waals surface area (Å²) in [5.74, 6) is 0. The van der Waals surface area contributed by atoms with Crippen molar-refractivity contribution < 1.29 is 9.84 Å². The number of hydrogen-bond acceptors (Lipinski definition) is 3. The second kappa shape index (κ2) is 6.56. The van der Waals surface area contributed by atoms with E-state index >= 15 is 0 Å². The SMILES string of the molecule is COC[C@H](C)N[C@@H](CO)c1ccccc1. The van der Waals surface area contributed by atoms with Gasteiger partial charge in [-0.1, -0.05) is 30.3 Å². The van der Waals surface area contributed by atoms with Crippen LogP contribution in [0.5, 0.6) is 0 Å². The summed E-state index contributed by atoms with van der Waals surface area (Å²) in [6.07, 6.45) is 0. The molecular weight excluding hydrogens is 190 g/mol. The zero-order valence-corrected chi connectivity index (χ0v) is 9.31. The Balaban J connectivity index is 2.56. The largest absolute Gasteiger partial charge is 0.394 e. The van der Waals surface area contributed by atoms with Gasteiger partial charge < -0.3 is 15.2 Å². The van der Waals surface area contributed by atoms with Gasteiger partial charge in [-0.2, -0.15) is 0 Å². The molecule has 0 amide bonds. The smallest absolute Gasteiger partial charge is 0.0626 e. The van der Waals surface area contributed by atoms with Gasteiger partial charge in [0.2, 0.25) is 0 Å². The van der Waals surface area contributed by atoms with E-state index in [0.717, 1.165) is 5.56 Å². The van der Waals surface area contributed by atoms with Crippen LogP contribution in [0.15, 0.2) is 30.3 Å². The van der Waals surface area contributed by atoms with E-state index in [9.17, 15) is 5.11 Å². The van der Waals surface area contributed by atoms with Crippen LogP contribution in [-0.2, 0) is 4.74 Å². The highest BCUT2D eigenvalue weighted by molar-refractivity contribution is 5.18. The number of aliphatic hydroxyl groups is 1. The Kier molecular flexibility index (Phi) is 5.32. The van der Waals surface area contributed by atoms with Gasteiger partial charge in [0.1, 0.15) is 0 Å². The van der Waals surface area contributed by atoms with Crippen molar-refractivity contribution in [2.45, 2.75) is 19.0 Å². The van der Waals surface area contributed by atoms with Crippen molar-refractivity contribution in [1.82, 2.24) is 5.32 Å². The van der Waals surface area contributed by atoms with Crippen molar-refractivity contribution in [1.29, 1.82) is 0 Å². The van der Waals surface area contributed by atoms with Gasteiger partial charge in [0.25, 0.3) is 0 Å². The highest BCUT2D eigenvalue weighted by Gasteiger charge is 2.12. The molecule has 1 aromatic rings. The number of methoxy groups -OCH3 is 1. The van der Waals surface area contributed by atoms with E-state index in [-0.39, 0.29) is 18.7 Å². The lowest BCUT2D eigenvalue weighted by atomic mass is 10.1. The van der Waals surface area contributed by atoms with Gasteiger partial charge >= 0.3 is 0 Å². The molecule has 1 rings (SSSR count). The highest BCUT2D eigenvalue weighted by Crippen LogP contribution is 2.12. The Hall–Kier alpha value is -0.900. The van der Waals surface area contributed by atoms with Crippen LogP contribution in [0.3, 0.4) is 0 Å². The fourth-order valence-corrected chi connectivity index (χ4v) is 1.58. The topological polar surface area (TPSA) is 41.5 Å². The van der Waals surface area contributed by atoms with Crippen LogP contribution < -0.4 is 5.32 Å². The van der Waals surface area contributed by atoms with Crippen molar-refractivity contribution >= 4 is 0 Å². The zero-order valence-electron chi connectivity index (χ0n) is 9.31. The second-order valence-corrected chi connectivity index (χ2v) is 3.67. The van der Waals surface area contributed by atoms with Crippen LogP contribution in [0.1, 0.15) is 18.5 Å². The predicted octanol–water partition coefficient (Wildman–Crippen LogP) is 1.34. The average Bonchev–Trinajstić information content (AvgIpc) is 2.27. The Morgan fingerprint density at radius 1 is 1.33 bits per heavy atom. The van der Waals surface area contributed by atoms with Crippen molar-refractivity contribution in [2.24, 2.45) is 0 Å². The summed E-state index contributed by atoms with van der Waals surface area (Å²) in [4.78, 5) is 0. The number of rotatable bonds is 6. The van der Waals surface area contributed by atoms with Crippen molar-refractivity contribution in [3.8, 4) is 0 Å². The molecule has 3 nitrogen and oxygen atoms in total. The minimum Gasteiger partial charge on any atom is -0.394 e. The molecule has 3 heteroatoms. The minimum atomic E-state index is -0.0173. The fraction of sp³-hybridized carbons (Fsp3) is 0.500. The third kappa shape index (κ3) is 4.00. The Morgan fingerprint density at radius 2 is 2.00 bits per heavy atom. The quantitative estimate of drug-likeness (QED) is 0.743. The molecule has 2 N–H and O–H groups in total. The molecule has 0 spiro atoms. The molecule has 0 aliphatic heterocycles. The third-order valence-corrected chi connectivity index (χ3v) is 2.29. The van der Waals surface area contributed by atoms with Crippen molar-refractivity contribution in [3.63, 3.8) is 0 Å². The molecule has 0 fully saturated rings. The molecule has 0 aliphatic carbocycles. The number of aliphatic hydroxyl groups excluding tert-OH is 1. The first-order valence-corrected chi connectivity index (χ1v) is 5.18. The number of hydrogen-bond donors (Lipinski definition) is 2. The fourth-order valence-electron chi connectivity index (χ4n) is 1.58. The van der Waals surface area contributed by atoms with Crippen LogP contribution in [0.2, 0.25) is 0 Å². The van der Waals surface area contributed by atoms with E-state index in [0.29, 0.717) is 6.61 Å². The van der Waals surface area contributed by atoms with Gasteiger partial charge in [0.05, 0.1) is 19.3 Å². The number of ether oxygens (including phenoxy) is 1. The summed E-state index contributed by atoms with van der Waals surface area (Å²) >= 11 is 0. The maximum absolute atomic E-state index is 9.29. The summed E-state index contributed by atoms with van der Waals surface area (Å²) in [6.45, 7) is 2.77. The van der Waals surface area contributed by atoms with Gasteiger partial charge in [0, 0.05) is 13.2 Å². The summed E-state index contributed by atoms with van der Waals surface area (Å²) in [5, 5.41) is 12.6. The summed E-state index contributed by atoms with van der Waals surface area (Å²) in [7, 11) is 1.68. The molecule has 0 saturated heterocycles. The normalized spacial score (nSPS) is 14.9. The zero-order chi connectivity index (χ0) is 11.1. The molecule has 0 bridgehead atoms. The van der Waals surface area contributed by atoms with Crippen LogP contribution in [0, 0.1) is 0 Å². The van der Waals surface area contributed by atoms with E-state index < -0.39 is 0 Å². The molecule has 2 atom stereocenters. The number of benzene rings is 1. The first-order valence-electron chi connectivity index (χ1n) is 5.18. The summed E-state index contributed by atoms with van der Waals surface area (Å²) in [5.41, 5.74) is 1.10.